The second-order valence-corrected chi connectivity index (χ2v) is 5.81. The number of hydrogen-bond donors (Lipinski definition) is 1. The largest absolute Gasteiger partial charge is 0.383 e. The van der Waals surface area contributed by atoms with Crippen LogP contribution in [0.1, 0.15) is 39.0 Å². The van der Waals surface area contributed by atoms with Crippen LogP contribution in [-0.2, 0) is 4.74 Å². The summed E-state index contributed by atoms with van der Waals surface area (Å²) in [5.41, 5.74) is 0. The Morgan fingerprint density at radius 1 is 1.35 bits per heavy atom. The van der Waals surface area contributed by atoms with Crippen molar-refractivity contribution in [2.45, 2.75) is 51.1 Å². The van der Waals surface area contributed by atoms with Crippen LogP contribution in [0.25, 0.3) is 0 Å². The minimum atomic E-state index is 0.716. The third kappa shape index (κ3) is 4.57. The lowest BCUT2D eigenvalue weighted by molar-refractivity contribution is 0.112. The molecule has 2 aliphatic rings. The van der Waals surface area contributed by atoms with Crippen molar-refractivity contribution in [2.75, 3.05) is 33.4 Å². The summed E-state index contributed by atoms with van der Waals surface area (Å²) in [7, 11) is 1.80. The van der Waals surface area contributed by atoms with E-state index in [4.69, 9.17) is 4.74 Å². The lowest BCUT2D eigenvalue weighted by Gasteiger charge is -2.31. The SMILES string of the molecule is COCCN(CC1CCCN1)C(C)CC1CC1. The maximum absolute atomic E-state index is 5.25. The molecule has 0 radical (unpaired) electrons. The van der Waals surface area contributed by atoms with Gasteiger partial charge in [-0.2, -0.15) is 0 Å². The van der Waals surface area contributed by atoms with Gasteiger partial charge in [0.15, 0.2) is 0 Å². The van der Waals surface area contributed by atoms with Gasteiger partial charge in [-0.3, -0.25) is 4.90 Å². The maximum atomic E-state index is 5.25. The fourth-order valence-electron chi connectivity index (χ4n) is 2.88. The van der Waals surface area contributed by atoms with Gasteiger partial charge in [0, 0.05) is 32.3 Å². The van der Waals surface area contributed by atoms with Gasteiger partial charge in [-0.15, -0.1) is 0 Å². The molecule has 0 bridgehead atoms. The normalized spacial score (nSPS) is 26.6. The van der Waals surface area contributed by atoms with E-state index < -0.39 is 0 Å². The van der Waals surface area contributed by atoms with Crippen LogP contribution in [-0.4, -0.2) is 50.3 Å². The Morgan fingerprint density at radius 3 is 2.76 bits per heavy atom. The highest BCUT2D eigenvalue weighted by atomic mass is 16.5. The van der Waals surface area contributed by atoms with E-state index in [0.717, 1.165) is 25.1 Å². The topological polar surface area (TPSA) is 24.5 Å². The van der Waals surface area contributed by atoms with Crippen LogP contribution >= 0.6 is 0 Å². The summed E-state index contributed by atoms with van der Waals surface area (Å²) in [5, 5.41) is 3.60. The molecule has 1 saturated heterocycles. The second-order valence-electron chi connectivity index (χ2n) is 5.81. The molecule has 1 N–H and O–H groups in total. The van der Waals surface area contributed by atoms with E-state index in [0.29, 0.717) is 6.04 Å². The zero-order chi connectivity index (χ0) is 12.1. The quantitative estimate of drug-likeness (QED) is 0.701. The van der Waals surface area contributed by atoms with E-state index >= 15 is 0 Å². The van der Waals surface area contributed by atoms with Gasteiger partial charge in [0.25, 0.3) is 0 Å². The van der Waals surface area contributed by atoms with Crippen molar-refractivity contribution in [3.8, 4) is 0 Å². The van der Waals surface area contributed by atoms with Crippen molar-refractivity contribution in [2.24, 2.45) is 5.92 Å². The summed E-state index contributed by atoms with van der Waals surface area (Å²) in [4.78, 5) is 2.63. The summed E-state index contributed by atoms with van der Waals surface area (Å²) < 4.78 is 5.25. The first-order chi connectivity index (χ1) is 8.29. The van der Waals surface area contributed by atoms with Gasteiger partial charge in [-0.05, 0) is 38.6 Å². The van der Waals surface area contributed by atoms with Gasteiger partial charge in [0.05, 0.1) is 6.61 Å². The molecular formula is C14H28N2O. The van der Waals surface area contributed by atoms with Crippen LogP contribution in [0.4, 0.5) is 0 Å². The molecule has 0 aromatic heterocycles. The Morgan fingerprint density at radius 2 is 2.18 bits per heavy atom. The minimum absolute atomic E-state index is 0.716. The summed E-state index contributed by atoms with van der Waals surface area (Å²) in [6.45, 7) is 6.75. The Hall–Kier alpha value is -0.120. The molecule has 2 atom stereocenters. The molecule has 1 saturated carbocycles. The molecule has 1 aliphatic carbocycles. The van der Waals surface area contributed by atoms with Crippen LogP contribution in [0.3, 0.4) is 0 Å². The first kappa shape index (κ1) is 13.3. The van der Waals surface area contributed by atoms with Crippen molar-refractivity contribution < 1.29 is 4.74 Å². The zero-order valence-corrected chi connectivity index (χ0v) is 11.5. The van der Waals surface area contributed by atoms with Crippen molar-refractivity contribution in [1.29, 1.82) is 0 Å². The lowest BCUT2D eigenvalue weighted by Crippen LogP contribution is -2.44. The van der Waals surface area contributed by atoms with Crippen molar-refractivity contribution in [3.05, 3.63) is 0 Å². The Labute approximate surface area is 106 Å². The molecule has 2 unspecified atom stereocenters. The highest BCUT2D eigenvalue weighted by molar-refractivity contribution is 4.83. The van der Waals surface area contributed by atoms with Gasteiger partial charge in [-0.1, -0.05) is 12.8 Å². The van der Waals surface area contributed by atoms with Gasteiger partial charge >= 0.3 is 0 Å². The van der Waals surface area contributed by atoms with E-state index in [9.17, 15) is 0 Å². The molecule has 3 nitrogen and oxygen atoms in total. The number of hydrogen-bond acceptors (Lipinski definition) is 3. The third-order valence-electron chi connectivity index (χ3n) is 4.19. The third-order valence-corrected chi connectivity index (χ3v) is 4.19. The molecule has 17 heavy (non-hydrogen) atoms. The van der Waals surface area contributed by atoms with Crippen molar-refractivity contribution >= 4 is 0 Å². The Balaban J connectivity index is 1.76. The molecule has 1 aliphatic heterocycles. The van der Waals surface area contributed by atoms with E-state index in [-0.39, 0.29) is 0 Å². The highest BCUT2D eigenvalue weighted by Gasteiger charge is 2.27. The number of rotatable bonds is 8. The molecule has 3 heteroatoms. The molecule has 0 aromatic rings. The van der Waals surface area contributed by atoms with Crippen LogP contribution in [0.2, 0.25) is 0 Å². The average molecular weight is 240 g/mol. The van der Waals surface area contributed by atoms with Crippen molar-refractivity contribution in [1.82, 2.24) is 10.2 Å². The minimum Gasteiger partial charge on any atom is -0.383 e. The fraction of sp³-hybridized carbons (Fsp3) is 1.00. The summed E-state index contributed by atoms with van der Waals surface area (Å²) in [6, 6.07) is 1.44. The van der Waals surface area contributed by atoms with E-state index in [2.05, 4.69) is 17.1 Å². The molecule has 1 heterocycles. The van der Waals surface area contributed by atoms with Gasteiger partial charge in [-0.25, -0.2) is 0 Å². The van der Waals surface area contributed by atoms with E-state index in [1.54, 1.807) is 7.11 Å². The molecule has 0 amide bonds. The fourth-order valence-corrected chi connectivity index (χ4v) is 2.88. The van der Waals surface area contributed by atoms with Gasteiger partial charge in [0.2, 0.25) is 0 Å². The predicted octanol–water partition coefficient (Wildman–Crippen LogP) is 1.88. The Bertz CT molecular complexity index is 212. The standard InChI is InChI=1S/C14H28N2O/c1-12(10-13-5-6-13)16(8-9-17-2)11-14-4-3-7-15-14/h12-15H,3-11H2,1-2H3. The molecular weight excluding hydrogens is 212 g/mol. The number of nitrogens with one attached hydrogen (secondary N) is 1. The predicted molar refractivity (Wildman–Crippen MR) is 71.3 cm³/mol. The molecule has 0 spiro atoms. The second kappa shape index (κ2) is 6.72. The summed E-state index contributed by atoms with van der Waals surface area (Å²) >= 11 is 0. The smallest absolute Gasteiger partial charge is 0.0589 e. The summed E-state index contributed by atoms with van der Waals surface area (Å²) in [5.74, 6) is 1.02. The lowest BCUT2D eigenvalue weighted by atomic mass is 10.1. The van der Waals surface area contributed by atoms with Crippen LogP contribution in [0, 0.1) is 5.92 Å². The average Bonchev–Trinajstić information content (AvgIpc) is 2.98. The maximum Gasteiger partial charge on any atom is 0.0589 e. The first-order valence-electron chi connectivity index (χ1n) is 7.26. The number of methoxy groups -OCH3 is 1. The zero-order valence-electron chi connectivity index (χ0n) is 11.5. The monoisotopic (exact) mass is 240 g/mol. The summed E-state index contributed by atoms with van der Waals surface area (Å²) in [6.07, 6.45) is 7.00. The Kier molecular flexibility index (Phi) is 5.26. The van der Waals surface area contributed by atoms with Crippen LogP contribution < -0.4 is 5.32 Å². The van der Waals surface area contributed by atoms with Crippen LogP contribution in [0.5, 0.6) is 0 Å². The number of nitrogens with zero attached hydrogens (tertiary/aromatic N) is 1. The molecule has 2 rings (SSSR count). The molecule has 0 aromatic carbocycles. The van der Waals surface area contributed by atoms with Crippen molar-refractivity contribution in [3.63, 3.8) is 0 Å². The first-order valence-corrected chi connectivity index (χ1v) is 7.26. The number of ether oxygens (including phenoxy) is 1. The van der Waals surface area contributed by atoms with E-state index in [1.807, 2.05) is 0 Å². The molecule has 2 fully saturated rings. The highest BCUT2D eigenvalue weighted by Crippen LogP contribution is 2.34. The van der Waals surface area contributed by atoms with Gasteiger partial charge in [0.1, 0.15) is 0 Å². The van der Waals surface area contributed by atoms with Crippen LogP contribution in [0.15, 0.2) is 0 Å². The van der Waals surface area contributed by atoms with Gasteiger partial charge < -0.3 is 10.1 Å². The molecule has 100 valence electrons. The van der Waals surface area contributed by atoms with E-state index in [1.165, 1.54) is 45.2 Å².